The van der Waals surface area contributed by atoms with E-state index in [1.54, 1.807) is 17.0 Å². The van der Waals surface area contributed by atoms with Crippen molar-refractivity contribution in [1.29, 1.82) is 0 Å². The van der Waals surface area contributed by atoms with Gasteiger partial charge in [0, 0.05) is 25.7 Å². The summed E-state index contributed by atoms with van der Waals surface area (Å²) < 4.78 is 12.9. The van der Waals surface area contributed by atoms with Crippen molar-refractivity contribution in [3.05, 3.63) is 65.5 Å². The van der Waals surface area contributed by atoms with Gasteiger partial charge in [-0.2, -0.15) is 0 Å². The predicted molar refractivity (Wildman–Crippen MR) is 102 cm³/mol. The van der Waals surface area contributed by atoms with Gasteiger partial charge in [0.25, 0.3) is 0 Å². The molecule has 0 atom stereocenters. The molecule has 138 valence electrons. The molecule has 1 N–H and O–H groups in total. The second-order valence-corrected chi connectivity index (χ2v) is 6.54. The van der Waals surface area contributed by atoms with Crippen LogP contribution in [0.3, 0.4) is 0 Å². The number of carbonyl (C=O) groups excluding carboxylic acids is 2. The van der Waals surface area contributed by atoms with Crippen molar-refractivity contribution in [2.45, 2.75) is 33.1 Å². The zero-order valence-corrected chi connectivity index (χ0v) is 15.5. The first-order chi connectivity index (χ1) is 12.4. The lowest BCUT2D eigenvalue weighted by Crippen LogP contribution is -2.38. The topological polar surface area (TPSA) is 49.4 Å². The average Bonchev–Trinajstić information content (AvgIpc) is 2.60. The molecule has 0 saturated heterocycles. The molecular weight excluding hydrogens is 331 g/mol. The zero-order chi connectivity index (χ0) is 19.1. The zero-order valence-electron chi connectivity index (χ0n) is 15.5. The minimum atomic E-state index is -0.324. The van der Waals surface area contributed by atoms with Crippen molar-refractivity contribution in [2.24, 2.45) is 0 Å². The minimum absolute atomic E-state index is 0.0640. The highest BCUT2D eigenvalue weighted by Gasteiger charge is 2.16. The van der Waals surface area contributed by atoms with Gasteiger partial charge in [-0.15, -0.1) is 0 Å². The van der Waals surface area contributed by atoms with Gasteiger partial charge in [0.15, 0.2) is 0 Å². The molecule has 0 bridgehead atoms. The molecule has 0 aromatic heterocycles. The van der Waals surface area contributed by atoms with Crippen molar-refractivity contribution >= 4 is 17.5 Å². The van der Waals surface area contributed by atoms with Crippen LogP contribution in [0.2, 0.25) is 0 Å². The van der Waals surface area contributed by atoms with E-state index in [-0.39, 0.29) is 24.1 Å². The summed E-state index contributed by atoms with van der Waals surface area (Å²) in [4.78, 5) is 25.8. The van der Waals surface area contributed by atoms with Crippen LogP contribution in [0, 0.1) is 5.82 Å². The summed E-state index contributed by atoms with van der Waals surface area (Å²) >= 11 is 0. The number of nitrogens with zero attached hydrogens (tertiary/aromatic N) is 1. The number of carbonyl (C=O) groups is 2. The molecule has 0 aliphatic heterocycles. The van der Waals surface area contributed by atoms with E-state index in [1.165, 1.54) is 19.1 Å². The lowest BCUT2D eigenvalue weighted by atomic mass is 10.0. The molecule has 0 heterocycles. The van der Waals surface area contributed by atoms with E-state index in [2.05, 4.69) is 19.2 Å². The highest BCUT2D eigenvalue weighted by Crippen LogP contribution is 2.27. The summed E-state index contributed by atoms with van der Waals surface area (Å²) in [7, 11) is 0. The summed E-state index contributed by atoms with van der Waals surface area (Å²) in [5, 5.41) is 2.82. The molecule has 26 heavy (non-hydrogen) atoms. The molecule has 0 aliphatic carbocycles. The van der Waals surface area contributed by atoms with Gasteiger partial charge in [-0.05, 0) is 35.2 Å². The quantitative estimate of drug-likeness (QED) is 0.823. The fraction of sp³-hybridized carbons (Fsp3) is 0.333. The number of hydrogen-bond acceptors (Lipinski definition) is 2. The Hall–Kier alpha value is -2.69. The molecule has 0 spiro atoms. The normalized spacial score (nSPS) is 10.7. The van der Waals surface area contributed by atoms with Gasteiger partial charge in [0.1, 0.15) is 5.82 Å². The first-order valence-electron chi connectivity index (χ1n) is 8.76. The molecule has 2 rings (SSSR count). The van der Waals surface area contributed by atoms with Crippen LogP contribution in [0.25, 0.3) is 0 Å². The fourth-order valence-electron chi connectivity index (χ4n) is 2.83. The first-order valence-corrected chi connectivity index (χ1v) is 8.76. The molecule has 2 aromatic rings. The van der Waals surface area contributed by atoms with Crippen LogP contribution < -0.4 is 10.2 Å². The smallest absolute Gasteiger partial charge is 0.224 e. The van der Waals surface area contributed by atoms with Crippen molar-refractivity contribution in [3.63, 3.8) is 0 Å². The van der Waals surface area contributed by atoms with Crippen molar-refractivity contribution < 1.29 is 14.0 Å². The minimum Gasteiger partial charge on any atom is -0.354 e. The van der Waals surface area contributed by atoms with Crippen LogP contribution >= 0.6 is 0 Å². The van der Waals surface area contributed by atoms with E-state index in [9.17, 15) is 14.0 Å². The van der Waals surface area contributed by atoms with Gasteiger partial charge >= 0.3 is 0 Å². The Morgan fingerprint density at radius 1 is 1.08 bits per heavy atom. The molecule has 2 aromatic carbocycles. The van der Waals surface area contributed by atoms with Crippen molar-refractivity contribution in [1.82, 2.24) is 5.32 Å². The Labute approximate surface area is 154 Å². The number of nitrogens with one attached hydrogen (secondary N) is 1. The van der Waals surface area contributed by atoms with Crippen molar-refractivity contribution in [3.8, 4) is 0 Å². The maximum atomic E-state index is 12.9. The summed E-state index contributed by atoms with van der Waals surface area (Å²) in [6.07, 6.45) is 0.183. The van der Waals surface area contributed by atoms with Crippen LogP contribution in [0.5, 0.6) is 0 Å². The molecule has 4 nitrogen and oxygen atoms in total. The van der Waals surface area contributed by atoms with Gasteiger partial charge in [-0.25, -0.2) is 4.39 Å². The molecular formula is C21H25FN2O2. The maximum Gasteiger partial charge on any atom is 0.224 e. The first kappa shape index (κ1) is 19.6. The average molecular weight is 356 g/mol. The van der Waals surface area contributed by atoms with E-state index in [0.29, 0.717) is 19.0 Å². The maximum absolute atomic E-state index is 12.9. The van der Waals surface area contributed by atoms with E-state index >= 15 is 0 Å². The lowest BCUT2D eigenvalue weighted by Gasteiger charge is -2.25. The van der Waals surface area contributed by atoms with E-state index < -0.39 is 0 Å². The fourth-order valence-corrected chi connectivity index (χ4v) is 2.83. The second-order valence-electron chi connectivity index (χ2n) is 6.54. The van der Waals surface area contributed by atoms with Crippen molar-refractivity contribution in [2.75, 3.05) is 18.0 Å². The Balaban J connectivity index is 1.96. The lowest BCUT2D eigenvalue weighted by molar-refractivity contribution is -0.121. The molecule has 0 unspecified atom stereocenters. The second kappa shape index (κ2) is 9.13. The summed E-state index contributed by atoms with van der Waals surface area (Å²) in [6, 6.07) is 13.7. The number of anilines is 1. The number of amides is 2. The Morgan fingerprint density at radius 2 is 1.73 bits per heavy atom. The number of hydrogen-bond donors (Lipinski definition) is 1. The highest BCUT2D eigenvalue weighted by molar-refractivity contribution is 5.92. The van der Waals surface area contributed by atoms with E-state index in [4.69, 9.17) is 0 Å². The van der Waals surface area contributed by atoms with Gasteiger partial charge in [-0.1, -0.05) is 44.2 Å². The largest absolute Gasteiger partial charge is 0.354 e. The standard InChI is InChI=1S/C21H25FN2O2/c1-15(2)19-6-4-5-7-20(19)24(16(3)25)13-12-23-21(26)14-17-8-10-18(22)11-9-17/h4-11,15H,12-14H2,1-3H3,(H,23,26). The van der Waals surface area contributed by atoms with Gasteiger partial charge in [0.2, 0.25) is 11.8 Å². The number of benzene rings is 2. The number of para-hydroxylation sites is 1. The molecule has 0 aliphatic rings. The summed E-state index contributed by atoms with van der Waals surface area (Å²) in [6.45, 7) is 6.45. The Bertz CT molecular complexity index is 757. The third kappa shape index (κ3) is 5.41. The molecule has 5 heteroatoms. The van der Waals surface area contributed by atoms with Gasteiger partial charge < -0.3 is 10.2 Å². The van der Waals surface area contributed by atoms with E-state index in [1.807, 2.05) is 24.3 Å². The Morgan fingerprint density at radius 3 is 2.35 bits per heavy atom. The van der Waals surface area contributed by atoms with Gasteiger partial charge in [0.05, 0.1) is 6.42 Å². The monoisotopic (exact) mass is 356 g/mol. The summed E-state index contributed by atoms with van der Waals surface area (Å²) in [5.41, 5.74) is 2.72. The summed E-state index contributed by atoms with van der Waals surface area (Å²) in [5.74, 6) is -0.251. The molecule has 0 fully saturated rings. The van der Waals surface area contributed by atoms with Crippen LogP contribution in [0.4, 0.5) is 10.1 Å². The Kier molecular flexibility index (Phi) is 6.89. The third-order valence-corrected chi connectivity index (χ3v) is 4.17. The number of halogens is 1. The van der Waals surface area contributed by atoms with Gasteiger partial charge in [-0.3, -0.25) is 9.59 Å². The van der Waals surface area contributed by atoms with Crippen LogP contribution in [0.1, 0.15) is 37.8 Å². The SMILES string of the molecule is CC(=O)N(CCNC(=O)Cc1ccc(F)cc1)c1ccccc1C(C)C. The predicted octanol–water partition coefficient (Wildman–Crippen LogP) is 3.66. The molecule has 0 saturated carbocycles. The number of rotatable bonds is 7. The molecule has 2 amide bonds. The van der Waals surface area contributed by atoms with E-state index in [0.717, 1.165) is 16.8 Å². The third-order valence-electron chi connectivity index (χ3n) is 4.17. The van der Waals surface area contributed by atoms with Crippen LogP contribution in [-0.2, 0) is 16.0 Å². The molecule has 0 radical (unpaired) electrons. The van der Waals surface area contributed by atoms with Crippen LogP contribution in [0.15, 0.2) is 48.5 Å². The van der Waals surface area contributed by atoms with Crippen LogP contribution in [-0.4, -0.2) is 24.9 Å². The highest BCUT2D eigenvalue weighted by atomic mass is 19.1.